The maximum Gasteiger partial charge on any atom is 0.319 e. The number of furan rings is 1. The van der Waals surface area contributed by atoms with E-state index in [9.17, 15) is 9.18 Å². The molecule has 0 bridgehead atoms. The van der Waals surface area contributed by atoms with Gasteiger partial charge in [0.2, 0.25) is 0 Å². The summed E-state index contributed by atoms with van der Waals surface area (Å²) in [5, 5.41) is 5.23. The number of ether oxygens (including phenoxy) is 1. The van der Waals surface area contributed by atoms with Crippen molar-refractivity contribution < 1.29 is 18.3 Å². The fourth-order valence-corrected chi connectivity index (χ4v) is 1.62. The van der Waals surface area contributed by atoms with Crippen molar-refractivity contribution >= 4 is 11.7 Å². The Hall–Kier alpha value is -2.50. The first kappa shape index (κ1) is 13.9. The van der Waals surface area contributed by atoms with Crippen LogP contribution >= 0.6 is 0 Å². The quantitative estimate of drug-likeness (QED) is 0.883. The first-order valence-electron chi connectivity index (χ1n) is 6.18. The third-order valence-corrected chi connectivity index (χ3v) is 2.49. The number of carbonyl (C=O) groups excluding carboxylic acids is 1. The molecule has 0 fully saturated rings. The van der Waals surface area contributed by atoms with Crippen LogP contribution in [-0.4, -0.2) is 12.6 Å². The summed E-state index contributed by atoms with van der Waals surface area (Å²) in [6.45, 7) is 2.43. The lowest BCUT2D eigenvalue weighted by molar-refractivity contribution is 0.250. The SMILES string of the molecule is CCOc1cc(F)ccc1NC(=O)NCc1ccco1. The Morgan fingerprint density at radius 3 is 2.95 bits per heavy atom. The summed E-state index contributed by atoms with van der Waals surface area (Å²) in [4.78, 5) is 11.7. The monoisotopic (exact) mass is 278 g/mol. The lowest BCUT2D eigenvalue weighted by Gasteiger charge is -2.12. The number of urea groups is 1. The summed E-state index contributed by atoms with van der Waals surface area (Å²) in [7, 11) is 0. The lowest BCUT2D eigenvalue weighted by atomic mass is 10.3. The summed E-state index contributed by atoms with van der Waals surface area (Å²) in [6.07, 6.45) is 1.53. The number of rotatable bonds is 5. The summed E-state index contributed by atoms with van der Waals surface area (Å²) < 4.78 is 23.5. The van der Waals surface area contributed by atoms with Gasteiger partial charge in [-0.05, 0) is 31.2 Å². The fourth-order valence-electron chi connectivity index (χ4n) is 1.62. The van der Waals surface area contributed by atoms with Crippen LogP contribution in [0.3, 0.4) is 0 Å². The van der Waals surface area contributed by atoms with E-state index in [4.69, 9.17) is 9.15 Å². The zero-order chi connectivity index (χ0) is 14.4. The molecule has 20 heavy (non-hydrogen) atoms. The molecule has 1 heterocycles. The molecule has 6 heteroatoms. The molecule has 1 aromatic carbocycles. The highest BCUT2D eigenvalue weighted by atomic mass is 19.1. The maximum atomic E-state index is 13.1. The normalized spacial score (nSPS) is 10.1. The number of benzene rings is 1. The van der Waals surface area contributed by atoms with Crippen molar-refractivity contribution in [1.82, 2.24) is 5.32 Å². The van der Waals surface area contributed by atoms with Gasteiger partial charge < -0.3 is 19.8 Å². The highest BCUT2D eigenvalue weighted by Crippen LogP contribution is 2.25. The van der Waals surface area contributed by atoms with E-state index in [1.807, 2.05) is 0 Å². The van der Waals surface area contributed by atoms with Crippen molar-refractivity contribution in [2.75, 3.05) is 11.9 Å². The Kier molecular flexibility index (Phi) is 4.60. The second kappa shape index (κ2) is 6.60. The molecular formula is C14H15FN2O3. The second-order valence-corrected chi connectivity index (χ2v) is 3.96. The molecule has 0 unspecified atom stereocenters. The van der Waals surface area contributed by atoms with Crippen LogP contribution in [0.25, 0.3) is 0 Å². The maximum absolute atomic E-state index is 13.1. The largest absolute Gasteiger partial charge is 0.492 e. The van der Waals surface area contributed by atoms with Gasteiger partial charge in [0.15, 0.2) is 0 Å². The average Bonchev–Trinajstić information content (AvgIpc) is 2.93. The van der Waals surface area contributed by atoms with Crippen LogP contribution in [0.15, 0.2) is 41.0 Å². The molecule has 2 rings (SSSR count). The van der Waals surface area contributed by atoms with E-state index in [2.05, 4.69) is 10.6 Å². The van der Waals surface area contributed by atoms with Crippen molar-refractivity contribution in [1.29, 1.82) is 0 Å². The van der Waals surface area contributed by atoms with Crippen molar-refractivity contribution in [3.63, 3.8) is 0 Å². The van der Waals surface area contributed by atoms with Gasteiger partial charge in [0.25, 0.3) is 0 Å². The summed E-state index contributed by atoms with van der Waals surface area (Å²) in [6, 6.07) is 7.00. The van der Waals surface area contributed by atoms with Crippen LogP contribution < -0.4 is 15.4 Å². The van der Waals surface area contributed by atoms with Crippen LogP contribution in [-0.2, 0) is 6.54 Å². The standard InChI is InChI=1S/C14H15FN2O3/c1-2-19-13-8-10(15)5-6-12(13)17-14(18)16-9-11-4-3-7-20-11/h3-8H,2,9H2,1H3,(H2,16,17,18). The Labute approximate surface area is 115 Å². The van der Waals surface area contributed by atoms with E-state index >= 15 is 0 Å². The second-order valence-electron chi connectivity index (χ2n) is 3.96. The summed E-state index contributed by atoms with van der Waals surface area (Å²) in [5.74, 6) is 0.514. The topological polar surface area (TPSA) is 63.5 Å². The highest BCUT2D eigenvalue weighted by molar-refractivity contribution is 5.90. The minimum Gasteiger partial charge on any atom is -0.492 e. The third kappa shape index (κ3) is 3.74. The number of hydrogen-bond acceptors (Lipinski definition) is 3. The summed E-state index contributed by atoms with van der Waals surface area (Å²) in [5.41, 5.74) is 0.408. The van der Waals surface area contributed by atoms with E-state index in [-0.39, 0.29) is 6.54 Å². The molecule has 0 atom stereocenters. The van der Waals surface area contributed by atoms with Crippen LogP contribution in [0, 0.1) is 5.82 Å². The van der Waals surface area contributed by atoms with Gasteiger partial charge in [0, 0.05) is 6.07 Å². The Morgan fingerprint density at radius 2 is 2.25 bits per heavy atom. The van der Waals surface area contributed by atoms with Crippen LogP contribution in [0.2, 0.25) is 0 Å². The molecule has 0 aliphatic carbocycles. The minimum absolute atomic E-state index is 0.268. The Balaban J connectivity index is 1.96. The van der Waals surface area contributed by atoms with Gasteiger partial charge >= 0.3 is 6.03 Å². The van der Waals surface area contributed by atoms with Gasteiger partial charge in [-0.2, -0.15) is 0 Å². The van der Waals surface area contributed by atoms with Crippen molar-refractivity contribution in [2.24, 2.45) is 0 Å². The lowest BCUT2D eigenvalue weighted by Crippen LogP contribution is -2.28. The third-order valence-electron chi connectivity index (χ3n) is 2.49. The number of halogens is 1. The Morgan fingerprint density at radius 1 is 1.40 bits per heavy atom. The van der Waals surface area contributed by atoms with Gasteiger partial charge in [-0.25, -0.2) is 9.18 Å². The van der Waals surface area contributed by atoms with Crippen molar-refractivity contribution in [3.8, 4) is 5.75 Å². The van der Waals surface area contributed by atoms with Crippen LogP contribution in [0.4, 0.5) is 14.9 Å². The van der Waals surface area contributed by atoms with E-state index in [0.717, 1.165) is 0 Å². The van der Waals surface area contributed by atoms with Gasteiger partial charge in [0.05, 0.1) is 25.1 Å². The minimum atomic E-state index is -0.422. The number of anilines is 1. The number of nitrogens with one attached hydrogen (secondary N) is 2. The first-order chi connectivity index (χ1) is 9.69. The van der Waals surface area contributed by atoms with Gasteiger partial charge in [-0.1, -0.05) is 0 Å². The number of carbonyl (C=O) groups is 1. The molecule has 2 aromatic rings. The smallest absolute Gasteiger partial charge is 0.319 e. The van der Waals surface area contributed by atoms with Gasteiger partial charge in [0.1, 0.15) is 17.3 Å². The van der Waals surface area contributed by atoms with Crippen molar-refractivity contribution in [2.45, 2.75) is 13.5 Å². The molecule has 0 saturated carbocycles. The zero-order valence-electron chi connectivity index (χ0n) is 11.0. The van der Waals surface area contributed by atoms with Crippen LogP contribution in [0.1, 0.15) is 12.7 Å². The number of hydrogen-bond donors (Lipinski definition) is 2. The van der Waals surface area contributed by atoms with E-state index in [0.29, 0.717) is 23.8 Å². The molecule has 0 aliphatic rings. The molecule has 0 aliphatic heterocycles. The predicted octanol–water partition coefficient (Wildman–Crippen LogP) is 3.14. The fraction of sp³-hybridized carbons (Fsp3) is 0.214. The molecule has 0 spiro atoms. The summed E-state index contributed by atoms with van der Waals surface area (Å²) >= 11 is 0. The number of amides is 2. The molecule has 1 aromatic heterocycles. The van der Waals surface area contributed by atoms with Crippen molar-refractivity contribution in [3.05, 3.63) is 48.2 Å². The Bertz CT molecular complexity index is 570. The highest BCUT2D eigenvalue weighted by Gasteiger charge is 2.09. The van der Waals surface area contributed by atoms with E-state index < -0.39 is 11.8 Å². The molecular weight excluding hydrogens is 263 g/mol. The molecule has 106 valence electrons. The molecule has 2 amide bonds. The zero-order valence-corrected chi connectivity index (χ0v) is 11.0. The van der Waals surface area contributed by atoms with Gasteiger partial charge in [-0.3, -0.25) is 0 Å². The predicted molar refractivity (Wildman–Crippen MR) is 72.1 cm³/mol. The first-order valence-corrected chi connectivity index (χ1v) is 6.18. The van der Waals surface area contributed by atoms with E-state index in [1.165, 1.54) is 24.5 Å². The molecule has 5 nitrogen and oxygen atoms in total. The molecule has 0 saturated heterocycles. The molecule has 2 N–H and O–H groups in total. The van der Waals surface area contributed by atoms with Crippen LogP contribution in [0.5, 0.6) is 5.75 Å². The average molecular weight is 278 g/mol. The molecule has 0 radical (unpaired) electrons. The van der Waals surface area contributed by atoms with Gasteiger partial charge in [-0.15, -0.1) is 0 Å². The van der Waals surface area contributed by atoms with E-state index in [1.54, 1.807) is 19.1 Å².